The van der Waals surface area contributed by atoms with Crippen molar-refractivity contribution in [2.45, 2.75) is 25.8 Å². The summed E-state index contributed by atoms with van der Waals surface area (Å²) in [5.41, 5.74) is 4.59. The molecule has 0 aliphatic carbocycles. The Morgan fingerprint density at radius 3 is 2.47 bits per heavy atom. The zero-order valence-corrected chi connectivity index (χ0v) is 17.4. The molecule has 3 aromatic rings. The van der Waals surface area contributed by atoms with E-state index >= 15 is 0 Å². The Hall–Kier alpha value is -3.33. The number of fused-ring (bicyclic) bond motifs is 1. The second-order valence-corrected chi connectivity index (χ2v) is 8.86. The van der Waals surface area contributed by atoms with Gasteiger partial charge in [0, 0.05) is 30.9 Å². The zero-order valence-electron chi connectivity index (χ0n) is 16.6. The number of amides is 1. The normalized spacial score (nSPS) is 16.5. The van der Waals surface area contributed by atoms with E-state index in [4.69, 9.17) is 0 Å². The van der Waals surface area contributed by atoms with Gasteiger partial charge >= 0.3 is 0 Å². The van der Waals surface area contributed by atoms with Crippen LogP contribution in [0.4, 0.5) is 5.69 Å². The van der Waals surface area contributed by atoms with Crippen LogP contribution in [-0.4, -0.2) is 41.3 Å². The summed E-state index contributed by atoms with van der Waals surface area (Å²) in [4.78, 5) is 21.2. The minimum Gasteiger partial charge on any atom is -0.284 e. The molecule has 0 spiro atoms. The number of benzene rings is 2. The number of rotatable bonds is 5. The Labute approximate surface area is 174 Å². The fourth-order valence-corrected chi connectivity index (χ4v) is 4.03. The van der Waals surface area contributed by atoms with Gasteiger partial charge in [0.15, 0.2) is 0 Å². The number of hydrogen-bond donors (Lipinski definition) is 1. The van der Waals surface area contributed by atoms with Crippen LogP contribution >= 0.6 is 0 Å². The summed E-state index contributed by atoms with van der Waals surface area (Å²) in [6.45, 7) is 1.81. The molecule has 0 saturated carbocycles. The monoisotopic (exact) mass is 423 g/mol. The van der Waals surface area contributed by atoms with E-state index < -0.39 is 10.0 Å². The van der Waals surface area contributed by atoms with Gasteiger partial charge in [-0.1, -0.05) is 25.1 Å². The standard InChI is InChI=1S/C21H21N5O3S/c1-3-21(27)26-20(15-6-9-17-19(12-15)23-11-10-22-17)13-18(24-26)14-4-7-16(8-5-14)25-30(2,28)29/h4-12,20,25H,3,13H2,1-2H3/t20-/m1/s1. The van der Waals surface area contributed by atoms with Crippen LogP contribution in [0.3, 0.4) is 0 Å². The van der Waals surface area contributed by atoms with Gasteiger partial charge in [-0.15, -0.1) is 0 Å². The van der Waals surface area contributed by atoms with Crippen molar-refractivity contribution < 1.29 is 13.2 Å². The summed E-state index contributed by atoms with van der Waals surface area (Å²) in [5, 5.41) is 6.13. The number of carbonyl (C=O) groups excluding carboxylic acids is 1. The molecule has 4 rings (SSSR count). The number of sulfonamides is 1. The lowest BCUT2D eigenvalue weighted by Gasteiger charge is -2.21. The number of aromatic nitrogens is 2. The van der Waals surface area contributed by atoms with Crippen molar-refractivity contribution in [1.82, 2.24) is 15.0 Å². The third-order valence-electron chi connectivity index (χ3n) is 4.87. The fourth-order valence-electron chi connectivity index (χ4n) is 3.47. The quantitative estimate of drug-likeness (QED) is 0.679. The fraction of sp³-hybridized carbons (Fsp3) is 0.238. The van der Waals surface area contributed by atoms with Crippen LogP contribution in [0.1, 0.15) is 36.9 Å². The van der Waals surface area contributed by atoms with E-state index in [1.54, 1.807) is 36.7 Å². The summed E-state index contributed by atoms with van der Waals surface area (Å²) < 4.78 is 25.2. The highest BCUT2D eigenvalue weighted by atomic mass is 32.2. The molecule has 1 aliphatic heterocycles. The highest BCUT2D eigenvalue weighted by Crippen LogP contribution is 2.34. The molecule has 1 aliphatic rings. The van der Waals surface area contributed by atoms with Crippen LogP contribution in [0.25, 0.3) is 11.0 Å². The molecular formula is C21H21N5O3S. The molecule has 2 aromatic carbocycles. The Morgan fingerprint density at radius 2 is 1.80 bits per heavy atom. The van der Waals surface area contributed by atoms with Crippen LogP contribution < -0.4 is 4.72 Å². The van der Waals surface area contributed by atoms with E-state index in [2.05, 4.69) is 19.8 Å². The van der Waals surface area contributed by atoms with Gasteiger partial charge in [-0.05, 0) is 35.4 Å². The van der Waals surface area contributed by atoms with E-state index in [9.17, 15) is 13.2 Å². The highest BCUT2D eigenvalue weighted by molar-refractivity contribution is 7.92. The average Bonchev–Trinajstić information content (AvgIpc) is 3.17. The van der Waals surface area contributed by atoms with E-state index in [0.717, 1.165) is 34.1 Å². The summed E-state index contributed by atoms with van der Waals surface area (Å²) in [7, 11) is -3.34. The Bertz CT molecular complexity index is 1240. The molecule has 0 saturated heterocycles. The molecule has 9 heteroatoms. The van der Waals surface area contributed by atoms with E-state index in [1.165, 1.54) is 5.01 Å². The van der Waals surface area contributed by atoms with Crippen LogP contribution in [0.2, 0.25) is 0 Å². The van der Waals surface area contributed by atoms with Crippen LogP contribution in [-0.2, 0) is 14.8 Å². The Balaban J connectivity index is 1.65. The zero-order chi connectivity index (χ0) is 21.3. The summed E-state index contributed by atoms with van der Waals surface area (Å²) in [5.74, 6) is -0.0652. The van der Waals surface area contributed by atoms with Crippen LogP contribution in [0, 0.1) is 0 Å². The number of hydrogen-bond acceptors (Lipinski definition) is 6. The van der Waals surface area contributed by atoms with Crippen molar-refractivity contribution >= 4 is 38.4 Å². The molecule has 1 atom stereocenters. The van der Waals surface area contributed by atoms with Gasteiger partial charge in [-0.25, -0.2) is 13.4 Å². The predicted octanol–water partition coefficient (Wildman–Crippen LogP) is 3.09. The lowest BCUT2D eigenvalue weighted by atomic mass is 9.97. The minimum atomic E-state index is -3.34. The average molecular weight is 423 g/mol. The third kappa shape index (κ3) is 4.16. The number of nitrogens with zero attached hydrogens (tertiary/aromatic N) is 4. The molecule has 154 valence electrons. The van der Waals surface area contributed by atoms with Crippen molar-refractivity contribution in [2.75, 3.05) is 11.0 Å². The Kier molecular flexibility index (Phi) is 5.21. The Morgan fingerprint density at radius 1 is 1.10 bits per heavy atom. The first-order valence-corrected chi connectivity index (χ1v) is 11.4. The van der Waals surface area contributed by atoms with Gasteiger partial charge in [0.2, 0.25) is 15.9 Å². The maximum atomic E-state index is 12.6. The van der Waals surface area contributed by atoms with Crippen molar-refractivity contribution in [2.24, 2.45) is 5.10 Å². The molecule has 1 aromatic heterocycles. The third-order valence-corrected chi connectivity index (χ3v) is 5.47. The van der Waals surface area contributed by atoms with Gasteiger partial charge < -0.3 is 0 Å². The van der Waals surface area contributed by atoms with Crippen LogP contribution in [0.5, 0.6) is 0 Å². The maximum Gasteiger partial charge on any atom is 0.242 e. The molecule has 30 heavy (non-hydrogen) atoms. The van der Waals surface area contributed by atoms with E-state index in [-0.39, 0.29) is 11.9 Å². The topological polar surface area (TPSA) is 105 Å². The molecule has 0 fully saturated rings. The van der Waals surface area contributed by atoms with Crippen molar-refractivity contribution in [3.8, 4) is 0 Å². The lowest BCUT2D eigenvalue weighted by Crippen LogP contribution is -2.26. The van der Waals surface area contributed by atoms with Crippen molar-refractivity contribution in [3.63, 3.8) is 0 Å². The number of nitrogens with one attached hydrogen (secondary N) is 1. The van der Waals surface area contributed by atoms with Gasteiger partial charge in [0.25, 0.3) is 0 Å². The molecular weight excluding hydrogens is 402 g/mol. The summed E-state index contributed by atoms with van der Waals surface area (Å²) >= 11 is 0. The van der Waals surface area contributed by atoms with Gasteiger partial charge in [-0.2, -0.15) is 5.10 Å². The minimum absolute atomic E-state index is 0.0652. The highest BCUT2D eigenvalue weighted by Gasteiger charge is 2.32. The maximum absolute atomic E-state index is 12.6. The van der Waals surface area contributed by atoms with Gasteiger partial charge in [0.1, 0.15) is 0 Å². The SMILES string of the molecule is CCC(=O)N1N=C(c2ccc(NS(C)(=O)=O)cc2)C[C@@H]1c1ccc2nccnc2c1. The largest absolute Gasteiger partial charge is 0.284 e. The first kappa shape index (κ1) is 20.0. The number of carbonyl (C=O) groups is 1. The second-order valence-electron chi connectivity index (χ2n) is 7.11. The lowest BCUT2D eigenvalue weighted by molar-refractivity contribution is -0.132. The van der Waals surface area contributed by atoms with Crippen molar-refractivity contribution in [1.29, 1.82) is 0 Å². The van der Waals surface area contributed by atoms with Gasteiger partial charge in [0.05, 0.1) is 29.0 Å². The first-order chi connectivity index (χ1) is 14.3. The summed E-state index contributed by atoms with van der Waals surface area (Å²) in [6, 6.07) is 12.5. The molecule has 0 unspecified atom stereocenters. The van der Waals surface area contributed by atoms with Crippen molar-refractivity contribution in [3.05, 3.63) is 66.0 Å². The molecule has 8 nitrogen and oxygen atoms in total. The molecule has 2 heterocycles. The van der Waals surface area contributed by atoms with Crippen LogP contribution in [0.15, 0.2) is 60.0 Å². The summed E-state index contributed by atoms with van der Waals surface area (Å²) in [6.07, 6.45) is 5.29. The smallest absolute Gasteiger partial charge is 0.242 e. The molecule has 0 bridgehead atoms. The first-order valence-electron chi connectivity index (χ1n) is 9.52. The number of hydrazone groups is 1. The van der Waals surface area contributed by atoms with Gasteiger partial charge in [-0.3, -0.25) is 19.5 Å². The van der Waals surface area contributed by atoms with E-state index in [1.807, 2.05) is 25.1 Å². The van der Waals surface area contributed by atoms with E-state index in [0.29, 0.717) is 18.5 Å². The molecule has 0 radical (unpaired) electrons. The second kappa shape index (κ2) is 7.83. The molecule has 1 amide bonds. The number of anilines is 1. The molecule has 1 N–H and O–H groups in total. The predicted molar refractivity (Wildman–Crippen MR) is 115 cm³/mol.